The predicted octanol–water partition coefficient (Wildman–Crippen LogP) is 5.09. The highest BCUT2D eigenvalue weighted by atomic mass is 19.1. The van der Waals surface area contributed by atoms with Gasteiger partial charge in [-0.25, -0.2) is 9.18 Å². The summed E-state index contributed by atoms with van der Waals surface area (Å²) in [5.41, 5.74) is 2.15. The number of hydrogen-bond acceptors (Lipinski definition) is 5. The lowest BCUT2D eigenvalue weighted by Crippen LogP contribution is -2.44. The van der Waals surface area contributed by atoms with Crippen molar-refractivity contribution in [3.63, 3.8) is 0 Å². The second-order valence-corrected chi connectivity index (χ2v) is 8.85. The quantitative estimate of drug-likeness (QED) is 0.401. The molecule has 4 rings (SSSR count). The number of nitrogens with one attached hydrogen (secondary N) is 1. The number of ether oxygens (including phenoxy) is 2. The molecule has 196 valence electrons. The van der Waals surface area contributed by atoms with Crippen molar-refractivity contribution < 1.29 is 28.2 Å². The van der Waals surface area contributed by atoms with Gasteiger partial charge in [0.05, 0.1) is 12.2 Å². The Hall–Kier alpha value is -4.46. The molecule has 0 spiro atoms. The monoisotopic (exact) mass is 516 g/mol. The van der Waals surface area contributed by atoms with Crippen LogP contribution in [-0.4, -0.2) is 35.8 Å². The van der Waals surface area contributed by atoms with Crippen molar-refractivity contribution in [1.29, 1.82) is 0 Å². The number of para-hydroxylation sites is 1. The van der Waals surface area contributed by atoms with Crippen molar-refractivity contribution in [2.24, 2.45) is 0 Å². The number of esters is 1. The zero-order chi connectivity index (χ0) is 27.1. The van der Waals surface area contributed by atoms with E-state index >= 15 is 0 Å². The van der Waals surface area contributed by atoms with Crippen molar-refractivity contribution in [3.05, 3.63) is 107 Å². The molecule has 1 N–H and O–H groups in total. The van der Waals surface area contributed by atoms with E-state index in [4.69, 9.17) is 9.47 Å². The molecule has 1 aliphatic heterocycles. The third-order valence-corrected chi connectivity index (χ3v) is 6.26. The summed E-state index contributed by atoms with van der Waals surface area (Å²) in [5, 5.41) is 2.74. The lowest BCUT2D eigenvalue weighted by Gasteiger charge is -2.34. The molecule has 0 fully saturated rings. The fourth-order valence-electron chi connectivity index (χ4n) is 4.38. The summed E-state index contributed by atoms with van der Waals surface area (Å²) in [6.45, 7) is 3.47. The van der Waals surface area contributed by atoms with Gasteiger partial charge in [0.15, 0.2) is 0 Å². The van der Waals surface area contributed by atoms with Gasteiger partial charge in [0, 0.05) is 24.6 Å². The molecule has 0 aliphatic carbocycles. The number of halogens is 1. The molecule has 1 unspecified atom stereocenters. The van der Waals surface area contributed by atoms with Crippen molar-refractivity contribution in [2.45, 2.75) is 32.7 Å². The zero-order valence-electron chi connectivity index (χ0n) is 21.3. The summed E-state index contributed by atoms with van der Waals surface area (Å²) in [7, 11) is 0. The number of rotatable bonds is 9. The lowest BCUT2D eigenvalue weighted by molar-refractivity contribution is -0.141. The highest BCUT2D eigenvalue weighted by molar-refractivity contribution is 5.97. The van der Waals surface area contributed by atoms with Gasteiger partial charge in [-0.15, -0.1) is 0 Å². The van der Waals surface area contributed by atoms with Gasteiger partial charge in [0.25, 0.3) is 0 Å². The van der Waals surface area contributed by atoms with E-state index in [0.29, 0.717) is 22.8 Å². The molecule has 2 amide bonds. The van der Waals surface area contributed by atoms with Gasteiger partial charge in [-0.2, -0.15) is 0 Å². The van der Waals surface area contributed by atoms with Gasteiger partial charge in [-0.05, 0) is 61.4 Å². The topological polar surface area (TPSA) is 84.9 Å². The van der Waals surface area contributed by atoms with E-state index in [1.54, 1.807) is 32.0 Å². The Labute approximate surface area is 220 Å². The molecular weight excluding hydrogens is 487 g/mol. The zero-order valence-corrected chi connectivity index (χ0v) is 21.3. The van der Waals surface area contributed by atoms with Gasteiger partial charge in [0.1, 0.15) is 23.9 Å². The van der Waals surface area contributed by atoms with Crippen LogP contribution in [0.4, 0.5) is 4.39 Å². The van der Waals surface area contributed by atoms with E-state index in [1.807, 2.05) is 48.5 Å². The molecule has 7 nitrogen and oxygen atoms in total. The van der Waals surface area contributed by atoms with E-state index in [1.165, 1.54) is 17.0 Å². The molecule has 0 saturated heterocycles. The normalized spacial score (nSPS) is 15.3. The van der Waals surface area contributed by atoms with Crippen molar-refractivity contribution in [3.8, 4) is 11.5 Å². The van der Waals surface area contributed by atoms with Crippen LogP contribution >= 0.6 is 0 Å². The molecule has 1 atom stereocenters. The molecule has 38 heavy (non-hydrogen) atoms. The summed E-state index contributed by atoms with van der Waals surface area (Å²) in [4.78, 5) is 40.3. The Kier molecular flexibility index (Phi) is 8.53. The Morgan fingerprint density at radius 2 is 1.71 bits per heavy atom. The Balaban J connectivity index is 1.56. The van der Waals surface area contributed by atoms with E-state index in [9.17, 15) is 18.8 Å². The predicted molar refractivity (Wildman–Crippen MR) is 140 cm³/mol. The SMILES string of the molecule is CCOC(=O)C1=C(C)N(CC(=O)NCc2ccc(F)cc2)C(=O)CC1c1cccc(Oc2ccccc2)c1. The summed E-state index contributed by atoms with van der Waals surface area (Å²) in [5.74, 6) is -0.899. The molecule has 1 aliphatic rings. The average Bonchev–Trinajstić information content (AvgIpc) is 2.91. The van der Waals surface area contributed by atoms with Gasteiger partial charge in [-0.3, -0.25) is 9.59 Å². The Bertz CT molecular complexity index is 1340. The van der Waals surface area contributed by atoms with Gasteiger partial charge < -0.3 is 19.7 Å². The summed E-state index contributed by atoms with van der Waals surface area (Å²) in [6, 6.07) is 22.3. The maximum absolute atomic E-state index is 13.2. The van der Waals surface area contributed by atoms with Crippen molar-refractivity contribution in [2.75, 3.05) is 13.2 Å². The first-order valence-corrected chi connectivity index (χ1v) is 12.4. The third kappa shape index (κ3) is 6.45. The van der Waals surface area contributed by atoms with E-state index < -0.39 is 17.8 Å². The van der Waals surface area contributed by atoms with E-state index in [0.717, 1.165) is 11.1 Å². The Morgan fingerprint density at radius 1 is 1.00 bits per heavy atom. The number of allylic oxidation sites excluding steroid dienone is 1. The first kappa shape index (κ1) is 26.6. The van der Waals surface area contributed by atoms with Crippen LogP contribution in [0.5, 0.6) is 11.5 Å². The number of hydrogen-bond donors (Lipinski definition) is 1. The van der Waals surface area contributed by atoms with E-state index in [2.05, 4.69) is 5.32 Å². The number of carbonyl (C=O) groups excluding carboxylic acids is 3. The third-order valence-electron chi connectivity index (χ3n) is 6.26. The minimum atomic E-state index is -0.556. The molecule has 3 aromatic rings. The molecule has 0 bridgehead atoms. The molecule has 3 aromatic carbocycles. The maximum Gasteiger partial charge on any atom is 0.336 e. The van der Waals surface area contributed by atoms with Crippen LogP contribution in [0, 0.1) is 5.82 Å². The van der Waals surface area contributed by atoms with Gasteiger partial charge in [0.2, 0.25) is 11.8 Å². The van der Waals surface area contributed by atoms with Crippen LogP contribution in [0.2, 0.25) is 0 Å². The number of nitrogens with zero attached hydrogens (tertiary/aromatic N) is 1. The van der Waals surface area contributed by atoms with E-state index in [-0.39, 0.29) is 37.8 Å². The highest BCUT2D eigenvalue weighted by Gasteiger charge is 2.37. The standard InChI is InChI=1S/C30H29FN2O5/c1-3-37-30(36)29-20(2)33(19-27(34)32-18-21-12-14-23(31)15-13-21)28(35)17-26(29)22-8-7-11-25(16-22)38-24-9-5-4-6-10-24/h4-16,26H,3,17-19H2,1-2H3,(H,32,34). The molecule has 0 aromatic heterocycles. The van der Waals surface area contributed by atoms with Crippen molar-refractivity contribution in [1.82, 2.24) is 10.2 Å². The van der Waals surface area contributed by atoms with Crippen molar-refractivity contribution >= 4 is 17.8 Å². The Morgan fingerprint density at radius 3 is 2.42 bits per heavy atom. The van der Waals surface area contributed by atoms with Gasteiger partial charge >= 0.3 is 5.97 Å². The molecule has 0 saturated carbocycles. The first-order chi connectivity index (χ1) is 18.4. The number of carbonyl (C=O) groups is 3. The molecule has 8 heteroatoms. The molecular formula is C30H29FN2O5. The van der Waals surface area contributed by atoms with Gasteiger partial charge in [-0.1, -0.05) is 42.5 Å². The fourth-order valence-corrected chi connectivity index (χ4v) is 4.38. The summed E-state index contributed by atoms with van der Waals surface area (Å²) in [6.07, 6.45) is -0.00841. The van der Waals surface area contributed by atoms with Crippen LogP contribution in [-0.2, 0) is 25.7 Å². The summed E-state index contributed by atoms with van der Waals surface area (Å²) >= 11 is 0. The minimum absolute atomic E-state index is 0.00841. The smallest absolute Gasteiger partial charge is 0.336 e. The largest absolute Gasteiger partial charge is 0.463 e. The minimum Gasteiger partial charge on any atom is -0.463 e. The van der Waals surface area contributed by atoms with Crippen LogP contribution in [0.25, 0.3) is 0 Å². The second kappa shape index (κ2) is 12.2. The fraction of sp³-hybridized carbons (Fsp3) is 0.233. The van der Waals surface area contributed by atoms with Crippen LogP contribution in [0.1, 0.15) is 37.3 Å². The van der Waals surface area contributed by atoms with Crippen LogP contribution in [0.15, 0.2) is 90.1 Å². The summed E-state index contributed by atoms with van der Waals surface area (Å²) < 4.78 is 24.4. The first-order valence-electron chi connectivity index (χ1n) is 12.4. The molecule has 1 heterocycles. The second-order valence-electron chi connectivity index (χ2n) is 8.85. The lowest BCUT2D eigenvalue weighted by atomic mass is 9.83. The van der Waals surface area contributed by atoms with Crippen LogP contribution < -0.4 is 10.1 Å². The average molecular weight is 517 g/mol. The van der Waals surface area contributed by atoms with Crippen LogP contribution in [0.3, 0.4) is 0 Å². The number of amides is 2. The molecule has 0 radical (unpaired) electrons. The number of benzene rings is 3. The highest BCUT2D eigenvalue weighted by Crippen LogP contribution is 2.38. The maximum atomic E-state index is 13.2.